The Morgan fingerprint density at radius 2 is 2.00 bits per heavy atom. The third-order valence-corrected chi connectivity index (χ3v) is 4.71. The molecule has 1 aliphatic carbocycles. The number of guanidine groups is 1. The number of halogens is 1. The van der Waals surface area contributed by atoms with Crippen LogP contribution in [0, 0.1) is 18.3 Å². The van der Waals surface area contributed by atoms with Gasteiger partial charge in [0.2, 0.25) is 0 Å². The van der Waals surface area contributed by atoms with Gasteiger partial charge in [0.25, 0.3) is 0 Å². The fourth-order valence-corrected chi connectivity index (χ4v) is 3.26. The number of aromatic nitrogens is 3. The molecule has 0 bridgehead atoms. The summed E-state index contributed by atoms with van der Waals surface area (Å²) in [7, 11) is 3.79. The number of nitrogens with one attached hydrogen (secondary N) is 2. The predicted molar refractivity (Wildman–Crippen MR) is 105 cm³/mol. The van der Waals surface area contributed by atoms with E-state index in [0.29, 0.717) is 12.0 Å². The van der Waals surface area contributed by atoms with E-state index in [0.717, 1.165) is 30.1 Å². The van der Waals surface area contributed by atoms with Gasteiger partial charge in [-0.3, -0.25) is 4.99 Å². The largest absolute Gasteiger partial charge is 0.356 e. The van der Waals surface area contributed by atoms with Crippen LogP contribution in [0.2, 0.25) is 0 Å². The summed E-state index contributed by atoms with van der Waals surface area (Å²) in [5.41, 5.74) is 0.465. The first-order valence-corrected chi connectivity index (χ1v) is 8.25. The van der Waals surface area contributed by atoms with Crippen molar-refractivity contribution in [1.82, 2.24) is 25.4 Å². The van der Waals surface area contributed by atoms with Gasteiger partial charge in [-0.15, -0.1) is 34.2 Å². The molecule has 6 nitrogen and oxygen atoms in total. The van der Waals surface area contributed by atoms with E-state index < -0.39 is 0 Å². The maximum Gasteiger partial charge on any atom is 0.191 e. The second kappa shape index (κ2) is 8.84. The molecule has 0 radical (unpaired) electrons. The minimum atomic E-state index is 0. The van der Waals surface area contributed by atoms with E-state index >= 15 is 0 Å². The molecule has 0 aromatic carbocycles. The molecular weight excluding hydrogens is 403 g/mol. The van der Waals surface area contributed by atoms with Crippen molar-refractivity contribution in [1.29, 1.82) is 0 Å². The quantitative estimate of drug-likeness (QED) is 0.411. The molecule has 1 aliphatic rings. The first-order valence-electron chi connectivity index (χ1n) is 8.25. The van der Waals surface area contributed by atoms with Gasteiger partial charge in [-0.2, -0.15) is 0 Å². The predicted octanol–water partition coefficient (Wildman–Crippen LogP) is 2.62. The summed E-state index contributed by atoms with van der Waals surface area (Å²) in [6, 6.07) is 0. The van der Waals surface area contributed by atoms with Crippen molar-refractivity contribution in [3.8, 4) is 0 Å². The first-order chi connectivity index (χ1) is 10.5. The van der Waals surface area contributed by atoms with Crippen molar-refractivity contribution in [2.24, 2.45) is 23.4 Å². The van der Waals surface area contributed by atoms with Crippen LogP contribution in [-0.4, -0.2) is 34.3 Å². The van der Waals surface area contributed by atoms with E-state index in [9.17, 15) is 0 Å². The third kappa shape index (κ3) is 5.32. The number of hydrogen-bond acceptors (Lipinski definition) is 3. The van der Waals surface area contributed by atoms with Crippen LogP contribution in [0.3, 0.4) is 0 Å². The molecule has 0 saturated heterocycles. The molecule has 1 aromatic heterocycles. The van der Waals surface area contributed by atoms with Crippen LogP contribution in [0.4, 0.5) is 0 Å². The fourth-order valence-electron chi connectivity index (χ4n) is 3.26. The Bertz CT molecular complexity index is 519. The van der Waals surface area contributed by atoms with Crippen molar-refractivity contribution in [2.45, 2.75) is 53.0 Å². The monoisotopic (exact) mass is 434 g/mol. The van der Waals surface area contributed by atoms with E-state index in [2.05, 4.69) is 39.7 Å². The van der Waals surface area contributed by atoms with Gasteiger partial charge in [0, 0.05) is 20.6 Å². The molecule has 132 valence electrons. The molecule has 1 aromatic rings. The lowest BCUT2D eigenvalue weighted by Crippen LogP contribution is -2.46. The van der Waals surface area contributed by atoms with Crippen LogP contribution in [0.25, 0.3) is 0 Å². The van der Waals surface area contributed by atoms with Crippen molar-refractivity contribution < 1.29 is 0 Å². The highest BCUT2D eigenvalue weighted by Gasteiger charge is 2.37. The van der Waals surface area contributed by atoms with Crippen molar-refractivity contribution >= 4 is 29.9 Å². The van der Waals surface area contributed by atoms with E-state index in [4.69, 9.17) is 0 Å². The summed E-state index contributed by atoms with van der Waals surface area (Å²) in [4.78, 5) is 4.32. The fraction of sp³-hybridized carbons (Fsp3) is 0.812. The summed E-state index contributed by atoms with van der Waals surface area (Å²) >= 11 is 0. The average molecular weight is 434 g/mol. The van der Waals surface area contributed by atoms with Crippen LogP contribution >= 0.6 is 24.0 Å². The highest BCUT2D eigenvalue weighted by Crippen LogP contribution is 2.45. The molecule has 2 rings (SSSR count). The highest BCUT2D eigenvalue weighted by molar-refractivity contribution is 14.0. The average Bonchev–Trinajstić information content (AvgIpc) is 2.75. The zero-order valence-corrected chi connectivity index (χ0v) is 17.3. The van der Waals surface area contributed by atoms with Gasteiger partial charge in [0.05, 0.1) is 6.54 Å². The number of aryl methyl sites for hydroxylation is 1. The van der Waals surface area contributed by atoms with Gasteiger partial charge in [0.1, 0.15) is 5.82 Å². The number of hydrogen-bond donors (Lipinski definition) is 2. The van der Waals surface area contributed by atoms with E-state index in [1.54, 1.807) is 0 Å². The Hall–Kier alpha value is -0.860. The van der Waals surface area contributed by atoms with Crippen molar-refractivity contribution in [3.05, 3.63) is 11.6 Å². The minimum Gasteiger partial charge on any atom is -0.356 e. The summed E-state index contributed by atoms with van der Waals surface area (Å²) in [6.45, 7) is 8.21. The molecule has 0 aliphatic heterocycles. The Morgan fingerprint density at radius 3 is 2.43 bits per heavy atom. The zero-order valence-electron chi connectivity index (χ0n) is 15.0. The standard InChI is InChI=1S/C16H30N6.HI/c1-12(2)9-16(7-6-8-16)11-19-15(17-4)18-10-14-21-20-13(3)22(14)5;/h12H,6-11H2,1-5H3,(H2,17,18,19);1H. The summed E-state index contributed by atoms with van der Waals surface area (Å²) < 4.78 is 1.99. The first kappa shape index (κ1) is 20.2. The highest BCUT2D eigenvalue weighted by atomic mass is 127. The smallest absolute Gasteiger partial charge is 0.191 e. The summed E-state index contributed by atoms with van der Waals surface area (Å²) in [5, 5.41) is 15.1. The maximum absolute atomic E-state index is 4.32. The van der Waals surface area contributed by atoms with Crippen LogP contribution in [-0.2, 0) is 13.6 Å². The second-order valence-corrected chi connectivity index (χ2v) is 6.95. The lowest BCUT2D eigenvalue weighted by atomic mass is 9.64. The lowest BCUT2D eigenvalue weighted by molar-refractivity contribution is 0.104. The van der Waals surface area contributed by atoms with Crippen LogP contribution in [0.1, 0.15) is 51.2 Å². The Balaban J connectivity index is 0.00000264. The Labute approximate surface area is 157 Å². The van der Waals surface area contributed by atoms with Crippen molar-refractivity contribution in [2.75, 3.05) is 13.6 Å². The Morgan fingerprint density at radius 1 is 1.30 bits per heavy atom. The molecule has 1 heterocycles. The SMILES string of the molecule is CN=C(NCc1nnc(C)n1C)NCC1(CC(C)C)CCC1.I. The van der Waals surface area contributed by atoms with E-state index in [-0.39, 0.29) is 24.0 Å². The zero-order chi connectivity index (χ0) is 16.2. The molecule has 2 N–H and O–H groups in total. The second-order valence-electron chi connectivity index (χ2n) is 6.95. The lowest BCUT2D eigenvalue weighted by Gasteiger charge is -2.43. The van der Waals surface area contributed by atoms with Gasteiger partial charge in [0.15, 0.2) is 11.8 Å². The molecule has 0 unspecified atom stereocenters. The van der Waals surface area contributed by atoms with Gasteiger partial charge in [-0.1, -0.05) is 20.3 Å². The maximum atomic E-state index is 4.32. The van der Waals surface area contributed by atoms with Crippen LogP contribution < -0.4 is 10.6 Å². The number of aliphatic imine (C=N–C) groups is 1. The molecule has 1 fully saturated rings. The number of nitrogens with zero attached hydrogens (tertiary/aromatic N) is 4. The topological polar surface area (TPSA) is 67.1 Å². The van der Waals surface area contributed by atoms with Gasteiger partial charge < -0.3 is 15.2 Å². The van der Waals surface area contributed by atoms with Gasteiger partial charge in [-0.25, -0.2) is 0 Å². The molecule has 1 saturated carbocycles. The molecule has 23 heavy (non-hydrogen) atoms. The van der Waals surface area contributed by atoms with Gasteiger partial charge >= 0.3 is 0 Å². The van der Waals surface area contributed by atoms with Crippen LogP contribution in [0.5, 0.6) is 0 Å². The summed E-state index contributed by atoms with van der Waals surface area (Å²) in [5.74, 6) is 3.43. The molecule has 0 atom stereocenters. The minimum absolute atomic E-state index is 0. The van der Waals surface area contributed by atoms with Crippen LogP contribution in [0.15, 0.2) is 4.99 Å². The normalized spacial score (nSPS) is 16.7. The third-order valence-electron chi connectivity index (χ3n) is 4.71. The van der Waals surface area contributed by atoms with E-state index in [1.807, 2.05) is 25.6 Å². The number of rotatable bonds is 6. The molecule has 7 heteroatoms. The Kier molecular flexibility index (Phi) is 7.76. The van der Waals surface area contributed by atoms with E-state index in [1.165, 1.54) is 25.7 Å². The molecule has 0 amide bonds. The molecule has 0 spiro atoms. The van der Waals surface area contributed by atoms with Gasteiger partial charge in [-0.05, 0) is 37.5 Å². The van der Waals surface area contributed by atoms with Crippen molar-refractivity contribution in [3.63, 3.8) is 0 Å². The molecular formula is C16H31IN6. The summed E-state index contributed by atoms with van der Waals surface area (Å²) in [6.07, 6.45) is 5.31.